The number of hydrogen-bond donors (Lipinski definition) is 0. The van der Waals surface area contributed by atoms with Gasteiger partial charge in [-0.15, -0.1) is 24.0 Å². The van der Waals surface area contributed by atoms with Gasteiger partial charge in [-0.05, 0) is 24.3 Å². The molecule has 0 unspecified atom stereocenters. The zero-order valence-electron chi connectivity index (χ0n) is 8.88. The molecule has 0 N–H and O–H groups in total. The molecule has 2 nitrogen and oxygen atoms in total. The first-order valence-corrected chi connectivity index (χ1v) is 5.82. The lowest BCUT2D eigenvalue weighted by molar-refractivity contribution is 1.19. The Hall–Kier alpha value is -0.880. The molecule has 0 amide bonds. The van der Waals surface area contributed by atoms with Crippen LogP contribution in [0.25, 0.3) is 16.9 Å². The summed E-state index contributed by atoms with van der Waals surface area (Å²) < 4.78 is 3.10. The molecule has 0 bridgehead atoms. The van der Waals surface area contributed by atoms with Crippen LogP contribution in [0.5, 0.6) is 0 Å². The number of pyridine rings is 1. The van der Waals surface area contributed by atoms with Crippen LogP contribution < -0.4 is 0 Å². The van der Waals surface area contributed by atoms with E-state index in [1.54, 1.807) is 0 Å². The largest absolute Gasteiger partial charge is 0.306 e. The summed E-state index contributed by atoms with van der Waals surface area (Å²) in [6.07, 6.45) is 4.04. The average molecular weight is 401 g/mol. The molecule has 0 spiro atoms. The smallest absolute Gasteiger partial charge is 0.137 e. The minimum Gasteiger partial charge on any atom is -0.306 e. The van der Waals surface area contributed by atoms with Gasteiger partial charge in [0.15, 0.2) is 0 Å². The highest BCUT2D eigenvalue weighted by Gasteiger charge is 2.03. The predicted molar refractivity (Wildman–Crippen MR) is 83.7 cm³/mol. The maximum atomic E-state index is 4.57. The van der Waals surface area contributed by atoms with Crippen molar-refractivity contribution in [2.45, 2.75) is 0 Å². The summed E-state index contributed by atoms with van der Waals surface area (Å²) >= 11 is 3.47. The van der Waals surface area contributed by atoms with E-state index in [1.807, 2.05) is 47.1 Å². The molecular formula is C13H10BrIN2. The molecule has 3 rings (SSSR count). The summed E-state index contributed by atoms with van der Waals surface area (Å²) in [5, 5.41) is 0. The Morgan fingerprint density at radius 2 is 1.94 bits per heavy atom. The molecule has 86 valence electrons. The Morgan fingerprint density at radius 1 is 1.06 bits per heavy atom. The van der Waals surface area contributed by atoms with Crippen molar-refractivity contribution in [1.82, 2.24) is 9.38 Å². The van der Waals surface area contributed by atoms with Crippen LogP contribution >= 0.6 is 39.9 Å². The number of benzene rings is 1. The molecule has 3 aromatic rings. The predicted octanol–water partition coefficient (Wildman–Crippen LogP) is 4.38. The fraction of sp³-hybridized carbons (Fsp3) is 0. The van der Waals surface area contributed by atoms with Crippen LogP contribution in [0.15, 0.2) is 59.3 Å². The number of fused-ring (bicyclic) bond motifs is 1. The molecule has 0 fully saturated rings. The molecule has 4 heteroatoms. The van der Waals surface area contributed by atoms with Gasteiger partial charge in [-0.25, -0.2) is 4.98 Å². The number of imidazole rings is 1. The van der Waals surface area contributed by atoms with Gasteiger partial charge in [0.05, 0.1) is 5.69 Å². The Morgan fingerprint density at radius 3 is 2.71 bits per heavy atom. The van der Waals surface area contributed by atoms with Crippen LogP contribution in [-0.2, 0) is 0 Å². The maximum absolute atomic E-state index is 4.57. The van der Waals surface area contributed by atoms with Gasteiger partial charge in [-0.2, -0.15) is 0 Å². The summed E-state index contributed by atoms with van der Waals surface area (Å²) in [5.41, 5.74) is 3.09. The van der Waals surface area contributed by atoms with Crippen LogP contribution in [0, 0.1) is 0 Å². The van der Waals surface area contributed by atoms with E-state index in [0.29, 0.717) is 0 Å². The highest BCUT2D eigenvalue weighted by atomic mass is 127. The van der Waals surface area contributed by atoms with Gasteiger partial charge in [0, 0.05) is 22.4 Å². The van der Waals surface area contributed by atoms with E-state index >= 15 is 0 Å². The Labute approximate surface area is 125 Å². The number of halogens is 2. The second-order valence-corrected chi connectivity index (χ2v) is 4.52. The third-order valence-corrected chi connectivity index (χ3v) is 2.98. The minimum absolute atomic E-state index is 0. The van der Waals surface area contributed by atoms with Crippen molar-refractivity contribution in [3.8, 4) is 11.3 Å². The van der Waals surface area contributed by atoms with Crippen molar-refractivity contribution >= 4 is 45.6 Å². The first kappa shape index (κ1) is 12.6. The lowest BCUT2D eigenvalue weighted by Gasteiger charge is -1.95. The highest BCUT2D eigenvalue weighted by Crippen LogP contribution is 2.22. The maximum Gasteiger partial charge on any atom is 0.137 e. The molecule has 0 saturated carbocycles. The average Bonchev–Trinajstić information content (AvgIpc) is 2.72. The Balaban J connectivity index is 0.00000108. The molecular weight excluding hydrogens is 391 g/mol. The molecule has 2 heterocycles. The molecule has 1 aromatic carbocycles. The van der Waals surface area contributed by atoms with E-state index in [4.69, 9.17) is 0 Å². The monoisotopic (exact) mass is 400 g/mol. The fourth-order valence-electron chi connectivity index (χ4n) is 1.72. The van der Waals surface area contributed by atoms with Crippen LogP contribution in [-0.4, -0.2) is 9.38 Å². The van der Waals surface area contributed by atoms with Gasteiger partial charge in [0.1, 0.15) is 5.65 Å². The number of aromatic nitrogens is 2. The summed E-state index contributed by atoms with van der Waals surface area (Å²) in [7, 11) is 0. The summed E-state index contributed by atoms with van der Waals surface area (Å²) in [4.78, 5) is 4.57. The topological polar surface area (TPSA) is 17.3 Å². The van der Waals surface area contributed by atoms with Crippen molar-refractivity contribution < 1.29 is 0 Å². The van der Waals surface area contributed by atoms with Crippen LogP contribution in [0.3, 0.4) is 0 Å². The van der Waals surface area contributed by atoms with Gasteiger partial charge in [-0.1, -0.05) is 34.1 Å². The molecule has 0 aliphatic carbocycles. The lowest BCUT2D eigenvalue weighted by Crippen LogP contribution is -1.77. The van der Waals surface area contributed by atoms with E-state index < -0.39 is 0 Å². The number of rotatable bonds is 1. The van der Waals surface area contributed by atoms with Gasteiger partial charge in [-0.3, -0.25) is 0 Å². The van der Waals surface area contributed by atoms with Crippen molar-refractivity contribution in [1.29, 1.82) is 0 Å². The quantitative estimate of drug-likeness (QED) is 0.554. The minimum atomic E-state index is 0. The lowest BCUT2D eigenvalue weighted by atomic mass is 10.2. The first-order chi connectivity index (χ1) is 7.83. The Kier molecular flexibility index (Phi) is 3.83. The van der Waals surface area contributed by atoms with Crippen molar-refractivity contribution in [3.05, 3.63) is 59.3 Å². The van der Waals surface area contributed by atoms with Crippen LogP contribution in [0.4, 0.5) is 0 Å². The SMILES string of the molecule is Brc1cccc(-c2cn3ccccc3n2)c1.I. The van der Waals surface area contributed by atoms with Gasteiger partial charge < -0.3 is 4.40 Å². The highest BCUT2D eigenvalue weighted by molar-refractivity contribution is 14.0. The van der Waals surface area contributed by atoms with E-state index in [0.717, 1.165) is 21.4 Å². The molecule has 0 aliphatic heterocycles. The van der Waals surface area contributed by atoms with E-state index in [1.165, 1.54) is 0 Å². The van der Waals surface area contributed by atoms with Crippen molar-refractivity contribution in [2.24, 2.45) is 0 Å². The third-order valence-electron chi connectivity index (χ3n) is 2.48. The van der Waals surface area contributed by atoms with Crippen LogP contribution in [0.1, 0.15) is 0 Å². The number of nitrogens with zero attached hydrogens (tertiary/aromatic N) is 2. The normalized spacial score (nSPS) is 10.2. The Bertz CT molecular complexity index is 615. The molecule has 2 aromatic heterocycles. The van der Waals surface area contributed by atoms with Gasteiger partial charge >= 0.3 is 0 Å². The molecule has 17 heavy (non-hydrogen) atoms. The van der Waals surface area contributed by atoms with E-state index in [9.17, 15) is 0 Å². The molecule has 0 radical (unpaired) electrons. The summed E-state index contributed by atoms with van der Waals surface area (Å²) in [5.74, 6) is 0. The fourth-order valence-corrected chi connectivity index (χ4v) is 2.12. The third kappa shape index (κ3) is 2.52. The number of hydrogen-bond acceptors (Lipinski definition) is 1. The van der Waals surface area contributed by atoms with Gasteiger partial charge in [0.2, 0.25) is 0 Å². The molecule has 0 aliphatic rings. The molecule has 0 atom stereocenters. The summed E-state index contributed by atoms with van der Waals surface area (Å²) in [6, 6.07) is 14.2. The standard InChI is InChI=1S/C13H9BrN2.HI/c14-11-5-3-4-10(8-11)12-9-16-7-2-1-6-13(16)15-12;/h1-9H;1H. The second-order valence-electron chi connectivity index (χ2n) is 3.60. The second kappa shape index (κ2) is 5.18. The van der Waals surface area contributed by atoms with Crippen molar-refractivity contribution in [3.63, 3.8) is 0 Å². The van der Waals surface area contributed by atoms with Gasteiger partial charge in [0.25, 0.3) is 0 Å². The molecule has 0 saturated heterocycles. The van der Waals surface area contributed by atoms with E-state index in [-0.39, 0.29) is 24.0 Å². The zero-order valence-corrected chi connectivity index (χ0v) is 12.8. The van der Waals surface area contributed by atoms with Crippen molar-refractivity contribution in [2.75, 3.05) is 0 Å². The van der Waals surface area contributed by atoms with E-state index in [2.05, 4.69) is 33.0 Å². The van der Waals surface area contributed by atoms with Crippen LogP contribution in [0.2, 0.25) is 0 Å². The first-order valence-electron chi connectivity index (χ1n) is 5.02. The zero-order chi connectivity index (χ0) is 11.0. The summed E-state index contributed by atoms with van der Waals surface area (Å²) in [6.45, 7) is 0.